The number of sulfonamides is 1. The molecular formula is C10H15N5O2S. The number of aromatic nitrogens is 1. The fourth-order valence-electron chi connectivity index (χ4n) is 1.19. The van der Waals surface area contributed by atoms with Gasteiger partial charge >= 0.3 is 0 Å². The molecular weight excluding hydrogens is 254 g/mol. The molecule has 0 aromatic carbocycles. The highest BCUT2D eigenvalue weighted by Gasteiger charge is 2.13. The molecule has 3 N–H and O–H groups in total. The number of hydrogen-bond donors (Lipinski definition) is 2. The van der Waals surface area contributed by atoms with Crippen molar-refractivity contribution >= 4 is 21.5 Å². The Morgan fingerprint density at radius 2 is 2.22 bits per heavy atom. The second kappa shape index (κ2) is 5.66. The monoisotopic (exact) mass is 269 g/mol. The second-order valence-corrected chi connectivity index (χ2v) is 6.06. The molecule has 0 radical (unpaired) electrons. The lowest BCUT2D eigenvalue weighted by Crippen LogP contribution is -2.28. The van der Waals surface area contributed by atoms with Gasteiger partial charge in [-0.15, -0.1) is 0 Å². The topological polar surface area (TPSA) is 112 Å². The van der Waals surface area contributed by atoms with E-state index in [0.717, 1.165) is 4.31 Å². The Morgan fingerprint density at radius 3 is 2.78 bits per heavy atom. The van der Waals surface area contributed by atoms with Crippen molar-refractivity contribution in [2.24, 2.45) is 0 Å². The second-order valence-electron chi connectivity index (χ2n) is 3.76. The van der Waals surface area contributed by atoms with Crippen LogP contribution < -0.4 is 11.1 Å². The normalized spacial score (nSPS) is 11.2. The average Bonchev–Trinajstić information content (AvgIpc) is 2.31. The van der Waals surface area contributed by atoms with Crippen molar-refractivity contribution in [2.45, 2.75) is 0 Å². The molecule has 7 nitrogen and oxygen atoms in total. The van der Waals surface area contributed by atoms with Crippen LogP contribution in [0.1, 0.15) is 5.56 Å². The van der Waals surface area contributed by atoms with Gasteiger partial charge in [0, 0.05) is 26.8 Å². The number of nitriles is 1. The number of anilines is 2. The average molecular weight is 269 g/mol. The maximum Gasteiger partial charge on any atom is 0.215 e. The first-order chi connectivity index (χ1) is 8.38. The van der Waals surface area contributed by atoms with Crippen LogP contribution in [0.2, 0.25) is 0 Å². The molecule has 0 fully saturated rings. The summed E-state index contributed by atoms with van der Waals surface area (Å²) in [6.45, 7) is 0.173. The van der Waals surface area contributed by atoms with Gasteiger partial charge in [0.05, 0.1) is 17.0 Å². The Morgan fingerprint density at radius 1 is 1.56 bits per heavy atom. The van der Waals surface area contributed by atoms with Gasteiger partial charge < -0.3 is 11.1 Å². The number of nitrogens with one attached hydrogen (secondary N) is 1. The minimum absolute atomic E-state index is 0.0715. The molecule has 0 bridgehead atoms. The van der Waals surface area contributed by atoms with Gasteiger partial charge in [-0.2, -0.15) is 5.26 Å². The lowest BCUT2D eigenvalue weighted by Gasteiger charge is -2.12. The molecule has 8 heteroatoms. The maximum absolute atomic E-state index is 11.5. The molecule has 0 unspecified atom stereocenters. The van der Waals surface area contributed by atoms with Crippen molar-refractivity contribution in [1.82, 2.24) is 9.29 Å². The van der Waals surface area contributed by atoms with Crippen LogP contribution >= 0.6 is 0 Å². The summed E-state index contributed by atoms with van der Waals surface area (Å²) in [6.07, 6.45) is 1.44. The highest BCUT2D eigenvalue weighted by Crippen LogP contribution is 2.18. The molecule has 0 saturated heterocycles. The maximum atomic E-state index is 11.5. The predicted octanol–water partition coefficient (Wildman–Crippen LogP) is -0.161. The van der Waals surface area contributed by atoms with Crippen molar-refractivity contribution in [1.29, 1.82) is 5.26 Å². The molecule has 18 heavy (non-hydrogen) atoms. The van der Waals surface area contributed by atoms with E-state index in [9.17, 15) is 8.42 Å². The predicted molar refractivity (Wildman–Crippen MR) is 69.3 cm³/mol. The summed E-state index contributed by atoms with van der Waals surface area (Å²) in [5.41, 5.74) is 6.23. The third-order valence-electron chi connectivity index (χ3n) is 2.32. The summed E-state index contributed by atoms with van der Waals surface area (Å²) in [6, 6.07) is 3.43. The van der Waals surface area contributed by atoms with E-state index in [0.29, 0.717) is 11.4 Å². The molecule has 0 aliphatic carbocycles. The summed E-state index contributed by atoms with van der Waals surface area (Å²) in [5.74, 6) is 0.251. The zero-order valence-corrected chi connectivity index (χ0v) is 11.0. The van der Waals surface area contributed by atoms with Gasteiger partial charge in [-0.3, -0.25) is 0 Å². The standard InChI is InChI=1S/C10H15N5O2S/c1-15(2)18(16,17)6-5-14-10-9(12)8(7-11)3-4-13-10/h3-4H,5-6,12H2,1-2H3,(H,13,14). The fourth-order valence-corrected chi connectivity index (χ4v) is 1.92. The molecule has 98 valence electrons. The van der Waals surface area contributed by atoms with Crippen LogP contribution in [0, 0.1) is 11.3 Å². The number of nitrogens with zero attached hydrogens (tertiary/aromatic N) is 3. The first-order valence-corrected chi connectivity index (χ1v) is 6.78. The Hall–Kier alpha value is -1.85. The van der Waals surface area contributed by atoms with E-state index in [1.165, 1.54) is 26.4 Å². The summed E-state index contributed by atoms with van der Waals surface area (Å²) in [5, 5.41) is 11.6. The first kappa shape index (κ1) is 14.2. The third-order valence-corrected chi connectivity index (χ3v) is 4.15. The van der Waals surface area contributed by atoms with Crippen LogP contribution in [0.15, 0.2) is 12.3 Å². The molecule has 0 atom stereocenters. The van der Waals surface area contributed by atoms with E-state index in [2.05, 4.69) is 10.3 Å². The van der Waals surface area contributed by atoms with Gasteiger partial charge in [0.1, 0.15) is 6.07 Å². The molecule has 1 heterocycles. The number of nitrogen functional groups attached to an aromatic ring is 1. The van der Waals surface area contributed by atoms with Crippen molar-refractivity contribution in [2.75, 3.05) is 37.4 Å². The zero-order valence-electron chi connectivity index (χ0n) is 10.2. The van der Waals surface area contributed by atoms with E-state index >= 15 is 0 Å². The number of hydrogen-bond acceptors (Lipinski definition) is 6. The summed E-state index contributed by atoms with van der Waals surface area (Å²) in [7, 11) is -0.319. The Labute approximate surface area is 106 Å². The Kier molecular flexibility index (Phi) is 4.47. The first-order valence-electron chi connectivity index (χ1n) is 5.17. The molecule has 1 aromatic rings. The summed E-state index contributed by atoms with van der Waals surface area (Å²) >= 11 is 0. The minimum atomic E-state index is -3.26. The van der Waals surface area contributed by atoms with Crippen molar-refractivity contribution < 1.29 is 8.42 Å². The van der Waals surface area contributed by atoms with Crippen molar-refractivity contribution in [3.05, 3.63) is 17.8 Å². The largest absolute Gasteiger partial charge is 0.395 e. The SMILES string of the molecule is CN(C)S(=O)(=O)CCNc1nccc(C#N)c1N. The Bertz CT molecular complexity index is 562. The van der Waals surface area contributed by atoms with E-state index in [4.69, 9.17) is 11.0 Å². The van der Waals surface area contributed by atoms with Crippen LogP contribution in [-0.2, 0) is 10.0 Å². The third kappa shape index (κ3) is 3.32. The molecule has 0 spiro atoms. The van der Waals surface area contributed by atoms with E-state index in [1.54, 1.807) is 0 Å². The highest BCUT2D eigenvalue weighted by molar-refractivity contribution is 7.89. The summed E-state index contributed by atoms with van der Waals surface area (Å²) < 4.78 is 24.2. The van der Waals surface area contributed by atoms with Crippen molar-refractivity contribution in [3.63, 3.8) is 0 Å². The highest BCUT2D eigenvalue weighted by atomic mass is 32.2. The van der Waals surface area contributed by atoms with E-state index in [1.807, 2.05) is 6.07 Å². The van der Waals surface area contributed by atoms with Crippen LogP contribution in [0.3, 0.4) is 0 Å². The van der Waals surface area contributed by atoms with Gasteiger partial charge in [0.25, 0.3) is 0 Å². The van der Waals surface area contributed by atoms with Gasteiger partial charge in [-0.25, -0.2) is 17.7 Å². The molecule has 1 aromatic heterocycles. The van der Waals surface area contributed by atoms with Crippen LogP contribution in [0.25, 0.3) is 0 Å². The number of nitrogens with two attached hydrogens (primary N) is 1. The van der Waals surface area contributed by atoms with Crippen LogP contribution in [-0.4, -0.2) is 44.1 Å². The fraction of sp³-hybridized carbons (Fsp3) is 0.400. The number of pyridine rings is 1. The van der Waals surface area contributed by atoms with Crippen LogP contribution in [0.4, 0.5) is 11.5 Å². The molecule has 0 aliphatic heterocycles. The van der Waals surface area contributed by atoms with E-state index in [-0.39, 0.29) is 18.0 Å². The molecule has 0 amide bonds. The minimum Gasteiger partial charge on any atom is -0.395 e. The van der Waals surface area contributed by atoms with Gasteiger partial charge in [0.15, 0.2) is 5.82 Å². The molecule has 0 saturated carbocycles. The van der Waals surface area contributed by atoms with Gasteiger partial charge in [-0.1, -0.05) is 0 Å². The molecule has 1 rings (SSSR count). The van der Waals surface area contributed by atoms with Gasteiger partial charge in [-0.05, 0) is 6.07 Å². The molecule has 0 aliphatic rings. The smallest absolute Gasteiger partial charge is 0.215 e. The summed E-state index contributed by atoms with van der Waals surface area (Å²) in [4.78, 5) is 3.96. The van der Waals surface area contributed by atoms with E-state index < -0.39 is 10.0 Å². The van der Waals surface area contributed by atoms with Crippen molar-refractivity contribution in [3.8, 4) is 6.07 Å². The van der Waals surface area contributed by atoms with Crippen LogP contribution in [0.5, 0.6) is 0 Å². The lowest BCUT2D eigenvalue weighted by atomic mass is 10.2. The zero-order chi connectivity index (χ0) is 13.8. The lowest BCUT2D eigenvalue weighted by molar-refractivity contribution is 0.521. The van der Waals surface area contributed by atoms with Gasteiger partial charge in [0.2, 0.25) is 10.0 Å². The quantitative estimate of drug-likeness (QED) is 0.768. The number of rotatable bonds is 5. The Balaban J connectivity index is 2.69.